The van der Waals surface area contributed by atoms with Crippen molar-refractivity contribution in [3.63, 3.8) is 0 Å². The topological polar surface area (TPSA) is 66.5 Å². The highest BCUT2D eigenvalue weighted by Crippen LogP contribution is 2.44. The molecular formula is C12H11BrN2O3S. The lowest BCUT2D eigenvalue weighted by molar-refractivity contribution is -0.158. The lowest BCUT2D eigenvalue weighted by Crippen LogP contribution is -2.65. The molecule has 1 N–H and O–H groups in total. The normalized spacial score (nSPS) is 21.5. The summed E-state index contributed by atoms with van der Waals surface area (Å²) in [5, 5.41) is 2.30. The third kappa shape index (κ3) is 1.92. The van der Waals surface area contributed by atoms with Crippen molar-refractivity contribution < 1.29 is 14.4 Å². The summed E-state index contributed by atoms with van der Waals surface area (Å²) in [5.41, 5.74) is -0.984. The molecule has 7 heteroatoms. The minimum atomic E-state index is -0.984. The fourth-order valence-electron chi connectivity index (χ4n) is 2.44. The predicted octanol–water partition coefficient (Wildman–Crippen LogP) is 2.26. The largest absolute Gasteiger partial charge is 0.331 e. The van der Waals surface area contributed by atoms with E-state index in [1.54, 1.807) is 0 Å². The standard InChI is InChI=1S/C12H11BrN2O3S/c13-8-3-2-7(19-8)6-15-10(17)12(4-1-5-12)9(16)14-11(15)18/h2-3H,1,4-6H2,(H,14,16,18). The second-order valence-electron chi connectivity index (χ2n) is 4.79. The average Bonchev–Trinajstić information content (AvgIpc) is 2.68. The van der Waals surface area contributed by atoms with Crippen LogP contribution >= 0.6 is 27.3 Å². The van der Waals surface area contributed by atoms with E-state index in [-0.39, 0.29) is 12.5 Å². The number of hydrogen-bond donors (Lipinski definition) is 1. The van der Waals surface area contributed by atoms with Gasteiger partial charge in [0.2, 0.25) is 11.8 Å². The van der Waals surface area contributed by atoms with Crippen LogP contribution in [0.1, 0.15) is 24.1 Å². The lowest BCUT2D eigenvalue weighted by atomic mass is 9.66. The van der Waals surface area contributed by atoms with Crippen LogP contribution in [0.25, 0.3) is 0 Å². The Morgan fingerprint density at radius 2 is 2.05 bits per heavy atom. The van der Waals surface area contributed by atoms with E-state index in [4.69, 9.17) is 0 Å². The maximum Gasteiger partial charge on any atom is 0.331 e. The van der Waals surface area contributed by atoms with E-state index in [0.29, 0.717) is 12.8 Å². The van der Waals surface area contributed by atoms with Crippen molar-refractivity contribution in [3.8, 4) is 0 Å². The molecule has 2 heterocycles. The van der Waals surface area contributed by atoms with Gasteiger partial charge in [0.15, 0.2) is 0 Å². The molecule has 1 spiro atoms. The van der Waals surface area contributed by atoms with Gasteiger partial charge in [0.1, 0.15) is 5.41 Å². The highest BCUT2D eigenvalue weighted by molar-refractivity contribution is 9.11. The number of carbonyl (C=O) groups excluding carboxylic acids is 3. The van der Waals surface area contributed by atoms with E-state index in [2.05, 4.69) is 21.2 Å². The first-order valence-corrected chi connectivity index (χ1v) is 7.55. The van der Waals surface area contributed by atoms with Crippen LogP contribution in [0.3, 0.4) is 0 Å². The van der Waals surface area contributed by atoms with E-state index in [1.165, 1.54) is 11.3 Å². The minimum Gasteiger partial charge on any atom is -0.277 e. The number of carbonyl (C=O) groups is 3. The molecule has 19 heavy (non-hydrogen) atoms. The van der Waals surface area contributed by atoms with Crippen molar-refractivity contribution >= 4 is 45.1 Å². The van der Waals surface area contributed by atoms with Crippen molar-refractivity contribution in [2.24, 2.45) is 5.41 Å². The molecule has 1 aliphatic heterocycles. The second-order valence-corrected chi connectivity index (χ2v) is 7.34. The summed E-state index contributed by atoms with van der Waals surface area (Å²) in [6, 6.07) is 3.12. The first kappa shape index (κ1) is 12.8. The van der Waals surface area contributed by atoms with Gasteiger partial charge in [-0.1, -0.05) is 6.42 Å². The molecule has 0 aromatic carbocycles. The van der Waals surface area contributed by atoms with Crippen molar-refractivity contribution in [3.05, 3.63) is 20.8 Å². The van der Waals surface area contributed by atoms with Gasteiger partial charge in [0.05, 0.1) is 10.3 Å². The maximum absolute atomic E-state index is 12.4. The number of thiophene rings is 1. The summed E-state index contributed by atoms with van der Waals surface area (Å²) in [5.74, 6) is -0.783. The molecule has 0 radical (unpaired) electrons. The van der Waals surface area contributed by atoms with Crippen molar-refractivity contribution in [2.75, 3.05) is 0 Å². The monoisotopic (exact) mass is 342 g/mol. The Morgan fingerprint density at radius 3 is 2.58 bits per heavy atom. The summed E-state index contributed by atoms with van der Waals surface area (Å²) in [6.45, 7) is 0.218. The van der Waals surface area contributed by atoms with Gasteiger partial charge >= 0.3 is 6.03 Å². The van der Waals surface area contributed by atoms with Crippen molar-refractivity contribution in [2.45, 2.75) is 25.8 Å². The van der Waals surface area contributed by atoms with Crippen LogP contribution in [0, 0.1) is 5.41 Å². The molecular weight excluding hydrogens is 332 g/mol. The molecule has 1 saturated carbocycles. The van der Waals surface area contributed by atoms with Gasteiger partial charge < -0.3 is 0 Å². The number of nitrogens with one attached hydrogen (secondary N) is 1. The number of nitrogens with zero attached hydrogens (tertiary/aromatic N) is 1. The van der Waals surface area contributed by atoms with Gasteiger partial charge in [-0.05, 0) is 40.9 Å². The van der Waals surface area contributed by atoms with E-state index < -0.39 is 17.4 Å². The van der Waals surface area contributed by atoms with E-state index in [0.717, 1.165) is 20.0 Å². The number of imide groups is 2. The third-order valence-corrected chi connectivity index (χ3v) is 5.31. The quantitative estimate of drug-likeness (QED) is 0.838. The highest BCUT2D eigenvalue weighted by atomic mass is 79.9. The number of rotatable bonds is 2. The zero-order valence-electron chi connectivity index (χ0n) is 9.94. The minimum absolute atomic E-state index is 0.218. The van der Waals surface area contributed by atoms with E-state index in [9.17, 15) is 14.4 Å². The molecule has 1 aromatic rings. The SMILES string of the molecule is O=C1NC(=O)C2(CCC2)C(=O)N1Cc1ccc(Br)s1. The number of halogens is 1. The Morgan fingerprint density at radius 1 is 1.32 bits per heavy atom. The Hall–Kier alpha value is -1.21. The fourth-order valence-corrected chi connectivity index (χ4v) is 3.91. The molecule has 1 aromatic heterocycles. The Bertz CT molecular complexity index is 579. The summed E-state index contributed by atoms with van der Waals surface area (Å²) in [6.07, 6.45) is 1.93. The molecule has 1 saturated heterocycles. The molecule has 0 bridgehead atoms. The Balaban J connectivity index is 1.85. The van der Waals surface area contributed by atoms with Gasteiger partial charge in [-0.15, -0.1) is 11.3 Å². The molecule has 0 unspecified atom stereocenters. The van der Waals surface area contributed by atoms with E-state index >= 15 is 0 Å². The van der Waals surface area contributed by atoms with Crippen molar-refractivity contribution in [1.29, 1.82) is 0 Å². The van der Waals surface area contributed by atoms with Crippen LogP contribution in [0.2, 0.25) is 0 Å². The third-order valence-electron chi connectivity index (χ3n) is 3.70. The van der Waals surface area contributed by atoms with Crippen LogP contribution in [-0.2, 0) is 16.1 Å². The molecule has 3 rings (SSSR count). The van der Waals surface area contributed by atoms with Gasteiger partial charge in [-0.2, -0.15) is 0 Å². The molecule has 5 nitrogen and oxygen atoms in total. The van der Waals surface area contributed by atoms with Crippen LogP contribution in [0.15, 0.2) is 15.9 Å². The Labute approximate surface area is 122 Å². The molecule has 4 amide bonds. The van der Waals surface area contributed by atoms with Gasteiger partial charge in [-0.3, -0.25) is 19.8 Å². The average molecular weight is 343 g/mol. The number of hydrogen-bond acceptors (Lipinski definition) is 4. The number of amides is 4. The van der Waals surface area contributed by atoms with Gasteiger partial charge in [0.25, 0.3) is 0 Å². The molecule has 2 fully saturated rings. The zero-order valence-corrected chi connectivity index (χ0v) is 12.3. The lowest BCUT2D eigenvalue weighted by Gasteiger charge is -2.44. The highest BCUT2D eigenvalue weighted by Gasteiger charge is 2.57. The first-order chi connectivity index (χ1) is 9.03. The molecule has 2 aliphatic rings. The summed E-state index contributed by atoms with van der Waals surface area (Å²) in [4.78, 5) is 38.1. The first-order valence-electron chi connectivity index (χ1n) is 5.94. The van der Waals surface area contributed by atoms with Crippen molar-refractivity contribution in [1.82, 2.24) is 10.2 Å². The summed E-state index contributed by atoms with van der Waals surface area (Å²) >= 11 is 4.81. The maximum atomic E-state index is 12.4. The van der Waals surface area contributed by atoms with Crippen LogP contribution in [0.5, 0.6) is 0 Å². The Kier molecular flexibility index (Phi) is 2.98. The van der Waals surface area contributed by atoms with Crippen LogP contribution < -0.4 is 5.32 Å². The van der Waals surface area contributed by atoms with E-state index in [1.807, 2.05) is 12.1 Å². The predicted molar refractivity (Wildman–Crippen MR) is 72.4 cm³/mol. The second kappa shape index (κ2) is 4.42. The fraction of sp³-hybridized carbons (Fsp3) is 0.417. The van der Waals surface area contributed by atoms with Crippen LogP contribution in [0.4, 0.5) is 4.79 Å². The molecule has 0 atom stereocenters. The smallest absolute Gasteiger partial charge is 0.277 e. The van der Waals surface area contributed by atoms with Crippen LogP contribution in [-0.4, -0.2) is 22.7 Å². The van der Waals surface area contributed by atoms with Gasteiger partial charge in [-0.25, -0.2) is 4.79 Å². The number of barbiturate groups is 1. The molecule has 1 aliphatic carbocycles. The summed E-state index contributed by atoms with van der Waals surface area (Å²) < 4.78 is 0.946. The number of urea groups is 1. The zero-order chi connectivity index (χ0) is 13.6. The van der Waals surface area contributed by atoms with Gasteiger partial charge in [0, 0.05) is 4.88 Å². The summed E-state index contributed by atoms with van der Waals surface area (Å²) in [7, 11) is 0. The molecule has 100 valence electrons.